The Balaban J connectivity index is -0.000000412. The Bertz CT molecular complexity index is 730. The zero-order valence-corrected chi connectivity index (χ0v) is 20.0. The molecule has 36 heavy (non-hydrogen) atoms. The maximum atomic E-state index is 9.64. The molecule has 1 aromatic heterocycles. The van der Waals surface area contributed by atoms with Gasteiger partial charge in [0.25, 0.3) is 0 Å². The summed E-state index contributed by atoms with van der Waals surface area (Å²) in [5.41, 5.74) is 2.10. The van der Waals surface area contributed by atoms with Gasteiger partial charge in [-0.25, -0.2) is 14.4 Å². The van der Waals surface area contributed by atoms with Crippen LogP contribution in [-0.2, 0) is 14.2 Å². The highest BCUT2D eigenvalue weighted by molar-refractivity contribution is 5.57. The van der Waals surface area contributed by atoms with Crippen LogP contribution in [0, 0.1) is 0 Å². The van der Waals surface area contributed by atoms with Gasteiger partial charge in [0.15, 0.2) is 0 Å². The molecule has 0 spiro atoms. The maximum Gasteiger partial charge on any atom is 0.506 e. The second-order valence-corrected chi connectivity index (χ2v) is 6.33. The van der Waals surface area contributed by atoms with Crippen LogP contribution in [0.5, 0.6) is 18.0 Å². The summed E-state index contributed by atoms with van der Waals surface area (Å²) in [5.74, 6) is 0. The van der Waals surface area contributed by atoms with Crippen LogP contribution in [0.3, 0.4) is 0 Å². The minimum atomic E-state index is -1.26. The van der Waals surface area contributed by atoms with E-state index in [0.717, 1.165) is 0 Å². The van der Waals surface area contributed by atoms with Crippen LogP contribution >= 0.6 is 0 Å². The van der Waals surface area contributed by atoms with Crippen molar-refractivity contribution in [3.63, 3.8) is 0 Å². The van der Waals surface area contributed by atoms with E-state index in [9.17, 15) is 14.4 Å². The third-order valence-electron chi connectivity index (χ3n) is 2.24. The lowest BCUT2D eigenvalue weighted by molar-refractivity contribution is 0.0985. The Labute approximate surface area is 206 Å². The molecule has 6 N–H and O–H groups in total. The summed E-state index contributed by atoms with van der Waals surface area (Å²) >= 11 is 0. The Hall–Kier alpha value is -4.60. The van der Waals surface area contributed by atoms with Crippen molar-refractivity contribution in [2.45, 2.75) is 20.8 Å². The van der Waals surface area contributed by atoms with Gasteiger partial charge in [-0.1, -0.05) is 19.7 Å². The highest BCUT2D eigenvalue weighted by atomic mass is 16.7. The van der Waals surface area contributed by atoms with Crippen LogP contribution in [0.4, 0.5) is 14.4 Å². The number of hydrogen-bond donors (Lipinski definition) is 6. The molecule has 0 bridgehead atoms. The lowest BCUT2D eigenvalue weighted by Crippen LogP contribution is -2.05. The summed E-state index contributed by atoms with van der Waals surface area (Å²) in [7, 11) is 0. The van der Waals surface area contributed by atoms with E-state index in [1.807, 2.05) is 0 Å². The maximum absolute atomic E-state index is 9.64. The second-order valence-electron chi connectivity index (χ2n) is 6.33. The summed E-state index contributed by atoms with van der Waals surface area (Å²) in [6.45, 7) is 15.5. The monoisotopic (exact) mass is 521 g/mol. The molecule has 0 unspecified atom stereocenters. The topological polar surface area (TPSA) is 248 Å². The van der Waals surface area contributed by atoms with E-state index in [4.69, 9.17) is 30.6 Å². The lowest BCUT2D eigenvalue weighted by Gasteiger charge is -2.00. The van der Waals surface area contributed by atoms with Crippen LogP contribution in [0.2, 0.25) is 0 Å². The quantitative estimate of drug-likeness (QED) is 0.155. The van der Waals surface area contributed by atoms with Crippen LogP contribution < -0.4 is 4.74 Å². The molecule has 0 amide bonds. The molecule has 1 heterocycles. The minimum absolute atomic E-state index is 0.0110. The van der Waals surface area contributed by atoms with Gasteiger partial charge in [-0.05, 0) is 37.5 Å². The lowest BCUT2D eigenvalue weighted by atomic mass is 10.4. The van der Waals surface area contributed by atoms with Crippen molar-refractivity contribution in [3.8, 4) is 18.0 Å². The minimum Gasteiger partial charge on any atom is -0.479 e. The number of carbonyl (C=O) groups is 3. The van der Waals surface area contributed by atoms with Crippen molar-refractivity contribution in [1.82, 2.24) is 15.0 Å². The van der Waals surface area contributed by atoms with Crippen molar-refractivity contribution in [2.75, 3.05) is 33.0 Å². The molecular formula is C20H31N3O13. The number of aliphatic hydroxyl groups is 1. The average molecular weight is 521 g/mol. The van der Waals surface area contributed by atoms with Crippen molar-refractivity contribution >= 4 is 18.5 Å². The Morgan fingerprint density at radius 2 is 1.00 bits per heavy atom. The number of rotatable bonds is 9. The Kier molecular flexibility index (Phi) is 22.2. The third kappa shape index (κ3) is 34.0. The van der Waals surface area contributed by atoms with Crippen molar-refractivity contribution in [1.29, 1.82) is 0 Å². The standard InChI is InChI=1S/C5H7N3O4.3C5H8O3/c9-1-2-12-5-7-3(10)6-4(11)8-5;3*1-4(2)3-8-5(6)7/h9H,1-2H2,(H2,6,7,8,10,11);3*1,3H2,2H3,(H,6,7). The van der Waals surface area contributed by atoms with Crippen LogP contribution in [0.1, 0.15) is 20.8 Å². The fraction of sp³-hybridized carbons (Fsp3) is 0.400. The van der Waals surface area contributed by atoms with E-state index in [2.05, 4.69) is 53.6 Å². The molecule has 0 aliphatic rings. The van der Waals surface area contributed by atoms with E-state index in [1.54, 1.807) is 20.8 Å². The molecule has 0 aliphatic heterocycles. The predicted molar refractivity (Wildman–Crippen MR) is 122 cm³/mol. The van der Waals surface area contributed by atoms with Gasteiger partial charge in [0, 0.05) is 0 Å². The average Bonchev–Trinajstić information content (AvgIpc) is 2.74. The van der Waals surface area contributed by atoms with E-state index < -0.39 is 30.5 Å². The van der Waals surface area contributed by atoms with Gasteiger partial charge < -0.3 is 49.6 Å². The zero-order valence-electron chi connectivity index (χ0n) is 20.0. The smallest absolute Gasteiger partial charge is 0.479 e. The number of ether oxygens (including phenoxy) is 4. The Morgan fingerprint density at radius 3 is 1.19 bits per heavy atom. The van der Waals surface area contributed by atoms with E-state index >= 15 is 0 Å². The van der Waals surface area contributed by atoms with Crippen molar-refractivity contribution in [3.05, 3.63) is 36.5 Å². The van der Waals surface area contributed by atoms with Gasteiger partial charge in [-0.3, -0.25) is 0 Å². The summed E-state index contributed by atoms with van der Waals surface area (Å²) in [5, 5.41) is 49.5. The highest BCUT2D eigenvalue weighted by Gasteiger charge is 2.04. The number of nitrogens with zero attached hydrogens (tertiary/aromatic N) is 3. The van der Waals surface area contributed by atoms with Crippen LogP contribution in [0.15, 0.2) is 36.5 Å². The second kappa shape index (κ2) is 22.2. The zero-order chi connectivity index (χ0) is 28.7. The molecule has 0 atom stereocenters. The van der Waals surface area contributed by atoms with Crippen LogP contribution in [0.25, 0.3) is 0 Å². The molecule has 1 rings (SSSR count). The molecule has 204 valence electrons. The number of hydrogen-bond acceptors (Lipinski definition) is 13. The molecule has 0 saturated carbocycles. The number of aromatic hydroxyl groups is 2. The number of aromatic nitrogens is 3. The Morgan fingerprint density at radius 1 is 0.694 bits per heavy atom. The highest BCUT2D eigenvalue weighted by Crippen LogP contribution is 2.10. The molecule has 0 aliphatic carbocycles. The van der Waals surface area contributed by atoms with Gasteiger partial charge >= 0.3 is 36.5 Å². The van der Waals surface area contributed by atoms with Gasteiger partial charge in [-0.15, -0.1) is 15.0 Å². The molecule has 0 radical (unpaired) electrons. The number of carboxylic acid groups (broad SMARTS) is 3. The largest absolute Gasteiger partial charge is 0.506 e. The van der Waals surface area contributed by atoms with E-state index in [0.29, 0.717) is 16.7 Å². The van der Waals surface area contributed by atoms with Gasteiger partial charge in [0.2, 0.25) is 0 Å². The molecule has 16 nitrogen and oxygen atoms in total. The first-order valence-electron chi connectivity index (χ1n) is 9.48. The normalized spacial score (nSPS) is 8.67. The first kappa shape index (κ1) is 36.0. The first-order valence-corrected chi connectivity index (χ1v) is 9.48. The van der Waals surface area contributed by atoms with E-state index in [1.165, 1.54) is 0 Å². The fourth-order valence-corrected chi connectivity index (χ4v) is 1.09. The fourth-order valence-electron chi connectivity index (χ4n) is 1.09. The van der Waals surface area contributed by atoms with E-state index in [-0.39, 0.29) is 39.0 Å². The molecule has 0 aromatic carbocycles. The van der Waals surface area contributed by atoms with Gasteiger partial charge in [0.1, 0.15) is 26.4 Å². The van der Waals surface area contributed by atoms with Gasteiger partial charge in [-0.2, -0.15) is 0 Å². The summed E-state index contributed by atoms with van der Waals surface area (Å²) in [6.07, 6.45) is -3.77. The van der Waals surface area contributed by atoms with Gasteiger partial charge in [0.05, 0.1) is 6.61 Å². The third-order valence-corrected chi connectivity index (χ3v) is 2.24. The first-order chi connectivity index (χ1) is 16.6. The predicted octanol–water partition coefficient (Wildman–Crippen LogP) is 2.43. The van der Waals surface area contributed by atoms with Crippen molar-refractivity contribution < 1.29 is 64.0 Å². The molecule has 1 aromatic rings. The molecular weight excluding hydrogens is 490 g/mol. The summed E-state index contributed by atoms with van der Waals surface area (Å²) < 4.78 is 17.0. The molecule has 0 fully saturated rings. The van der Waals surface area contributed by atoms with Crippen LogP contribution in [-0.4, -0.2) is 97.1 Å². The molecule has 0 saturated heterocycles. The number of aliphatic hydroxyl groups excluding tert-OH is 1. The summed E-state index contributed by atoms with van der Waals surface area (Å²) in [4.78, 5) is 38.6. The molecule has 16 heteroatoms. The SMILES string of the molecule is C=C(C)COC(=O)O.C=C(C)COC(=O)O.C=C(C)COC(=O)O.OCCOc1nc(O)nc(O)n1. The van der Waals surface area contributed by atoms with Crippen molar-refractivity contribution in [2.24, 2.45) is 0 Å². The summed E-state index contributed by atoms with van der Waals surface area (Å²) in [6, 6.07) is -1.49.